The van der Waals surface area contributed by atoms with Gasteiger partial charge < -0.3 is 8.83 Å². The van der Waals surface area contributed by atoms with Crippen LogP contribution in [0.15, 0.2) is 61.3 Å². The fourth-order valence-electron chi connectivity index (χ4n) is 2.23. The van der Waals surface area contributed by atoms with E-state index >= 15 is 0 Å². The minimum atomic E-state index is -3.83. The zero-order valence-electron chi connectivity index (χ0n) is 11.4. The quantitative estimate of drug-likeness (QED) is 0.593. The third-order valence-electron chi connectivity index (χ3n) is 3.29. The zero-order chi connectivity index (χ0) is 16.0. The van der Waals surface area contributed by atoms with Crippen molar-refractivity contribution in [3.63, 3.8) is 0 Å². The summed E-state index contributed by atoms with van der Waals surface area (Å²) in [5.41, 5.74) is 2.05. The maximum absolute atomic E-state index is 12.4. The molecule has 4 rings (SSSR count). The lowest BCUT2D eigenvalue weighted by atomic mass is 10.3. The van der Waals surface area contributed by atoms with E-state index in [9.17, 15) is 13.2 Å². The first-order valence-electron chi connectivity index (χ1n) is 6.50. The maximum Gasteiger partial charge on any atom is 0.417 e. The van der Waals surface area contributed by atoms with Crippen molar-refractivity contribution in [2.24, 2.45) is 0 Å². The summed E-state index contributed by atoms with van der Waals surface area (Å²) in [6, 6.07) is 8.88. The Morgan fingerprint density at radius 2 is 1.96 bits per heavy atom. The van der Waals surface area contributed by atoms with E-state index in [-0.39, 0.29) is 10.5 Å². The second kappa shape index (κ2) is 4.71. The lowest BCUT2D eigenvalue weighted by Crippen LogP contribution is -2.12. The molecule has 4 aromatic rings. The highest BCUT2D eigenvalue weighted by molar-refractivity contribution is 7.92. The van der Waals surface area contributed by atoms with Gasteiger partial charge in [-0.2, -0.15) is 0 Å². The predicted molar refractivity (Wildman–Crippen MR) is 81.7 cm³/mol. The molecule has 0 fully saturated rings. The standard InChI is InChI=1S/C14H9N3O5S/c18-14-16-10-3-2-9(6-13(10)22-14)23(19,20)17-8-1-4-12-11(5-8)15-7-21-12/h1-7,17H,(H,16,18). The zero-order valence-corrected chi connectivity index (χ0v) is 12.3. The minimum Gasteiger partial charge on any atom is -0.443 e. The number of H-pyrrole nitrogens is 1. The number of sulfonamides is 1. The molecular formula is C14H9N3O5S. The van der Waals surface area contributed by atoms with Gasteiger partial charge in [0.2, 0.25) is 0 Å². The molecule has 0 saturated carbocycles. The van der Waals surface area contributed by atoms with Crippen molar-refractivity contribution in [1.82, 2.24) is 9.97 Å². The first-order valence-corrected chi connectivity index (χ1v) is 7.98. The van der Waals surface area contributed by atoms with Crippen LogP contribution in [-0.4, -0.2) is 18.4 Å². The second-order valence-corrected chi connectivity index (χ2v) is 6.50. The highest BCUT2D eigenvalue weighted by Crippen LogP contribution is 2.22. The lowest BCUT2D eigenvalue weighted by molar-refractivity contribution is 0.554. The van der Waals surface area contributed by atoms with Crippen molar-refractivity contribution in [2.75, 3.05) is 4.72 Å². The summed E-state index contributed by atoms with van der Waals surface area (Å²) in [7, 11) is -3.83. The largest absolute Gasteiger partial charge is 0.443 e. The van der Waals surface area contributed by atoms with E-state index in [2.05, 4.69) is 14.7 Å². The molecule has 2 heterocycles. The number of nitrogens with one attached hydrogen (secondary N) is 2. The predicted octanol–water partition coefficient (Wildman–Crippen LogP) is 2.06. The molecule has 116 valence electrons. The Morgan fingerprint density at radius 3 is 2.83 bits per heavy atom. The lowest BCUT2D eigenvalue weighted by Gasteiger charge is -2.07. The number of benzene rings is 2. The van der Waals surface area contributed by atoms with Gasteiger partial charge in [0, 0.05) is 6.07 Å². The summed E-state index contributed by atoms with van der Waals surface area (Å²) in [6.07, 6.45) is 1.28. The molecule has 0 atom stereocenters. The number of oxazole rings is 2. The maximum atomic E-state index is 12.4. The molecule has 0 aliphatic heterocycles. The first kappa shape index (κ1) is 13.6. The van der Waals surface area contributed by atoms with Gasteiger partial charge >= 0.3 is 5.76 Å². The van der Waals surface area contributed by atoms with Crippen molar-refractivity contribution < 1.29 is 17.3 Å². The summed E-state index contributed by atoms with van der Waals surface area (Å²) in [6.45, 7) is 0. The smallest absolute Gasteiger partial charge is 0.417 e. The number of nitrogens with zero attached hydrogens (tertiary/aromatic N) is 1. The summed E-state index contributed by atoms with van der Waals surface area (Å²) in [5, 5.41) is 0. The van der Waals surface area contributed by atoms with E-state index in [1.807, 2.05) is 0 Å². The number of aromatic nitrogens is 2. The highest BCUT2D eigenvalue weighted by Gasteiger charge is 2.16. The molecule has 0 amide bonds. The van der Waals surface area contributed by atoms with Crippen LogP contribution in [0.4, 0.5) is 5.69 Å². The Hall–Kier alpha value is -3.07. The van der Waals surface area contributed by atoms with E-state index in [1.54, 1.807) is 18.2 Å². The van der Waals surface area contributed by atoms with Crippen LogP contribution in [0.2, 0.25) is 0 Å². The monoisotopic (exact) mass is 331 g/mol. The first-order chi connectivity index (χ1) is 11.0. The highest BCUT2D eigenvalue weighted by atomic mass is 32.2. The Bertz CT molecular complexity index is 1190. The van der Waals surface area contributed by atoms with Gasteiger partial charge in [-0.1, -0.05) is 0 Å². The van der Waals surface area contributed by atoms with Crippen LogP contribution in [0.5, 0.6) is 0 Å². The van der Waals surface area contributed by atoms with E-state index in [0.717, 1.165) is 0 Å². The molecule has 0 saturated heterocycles. The SMILES string of the molecule is O=c1[nH]c2ccc(S(=O)(=O)Nc3ccc4ocnc4c3)cc2o1. The average Bonchev–Trinajstić information content (AvgIpc) is 3.10. The molecule has 9 heteroatoms. The molecule has 0 aliphatic rings. The molecule has 23 heavy (non-hydrogen) atoms. The van der Waals surface area contributed by atoms with E-state index in [1.165, 1.54) is 24.6 Å². The van der Waals surface area contributed by atoms with Crippen LogP contribution >= 0.6 is 0 Å². The van der Waals surface area contributed by atoms with Crippen molar-refractivity contribution in [3.05, 3.63) is 53.3 Å². The third-order valence-corrected chi connectivity index (χ3v) is 4.66. The van der Waals surface area contributed by atoms with Gasteiger partial charge in [-0.3, -0.25) is 9.71 Å². The summed E-state index contributed by atoms with van der Waals surface area (Å²) < 4.78 is 37.3. The van der Waals surface area contributed by atoms with Crippen LogP contribution in [0.1, 0.15) is 0 Å². The molecule has 2 N–H and O–H groups in total. The molecule has 2 aromatic carbocycles. The van der Waals surface area contributed by atoms with Crippen LogP contribution < -0.4 is 10.5 Å². The number of hydrogen-bond donors (Lipinski definition) is 2. The summed E-state index contributed by atoms with van der Waals surface area (Å²) in [5.74, 6) is -0.640. The number of aromatic amines is 1. The minimum absolute atomic E-state index is 0.0204. The van der Waals surface area contributed by atoms with Gasteiger partial charge in [0.15, 0.2) is 17.6 Å². The fraction of sp³-hybridized carbons (Fsp3) is 0. The van der Waals surface area contributed by atoms with Crippen molar-refractivity contribution in [1.29, 1.82) is 0 Å². The number of hydrogen-bond acceptors (Lipinski definition) is 6. The number of anilines is 1. The van der Waals surface area contributed by atoms with Gasteiger partial charge in [-0.05, 0) is 30.3 Å². The van der Waals surface area contributed by atoms with E-state index in [4.69, 9.17) is 8.83 Å². The van der Waals surface area contributed by atoms with Crippen molar-refractivity contribution in [3.8, 4) is 0 Å². The summed E-state index contributed by atoms with van der Waals surface area (Å²) >= 11 is 0. The molecule has 0 bridgehead atoms. The van der Waals surface area contributed by atoms with Gasteiger partial charge in [0.05, 0.1) is 16.1 Å². The average molecular weight is 331 g/mol. The van der Waals surface area contributed by atoms with E-state index < -0.39 is 15.8 Å². The van der Waals surface area contributed by atoms with Crippen LogP contribution in [0, 0.1) is 0 Å². The Balaban J connectivity index is 1.74. The molecular weight excluding hydrogens is 322 g/mol. The molecule has 2 aromatic heterocycles. The molecule has 0 unspecified atom stereocenters. The Morgan fingerprint density at radius 1 is 1.09 bits per heavy atom. The molecule has 0 spiro atoms. The molecule has 0 radical (unpaired) electrons. The number of rotatable bonds is 3. The number of fused-ring (bicyclic) bond motifs is 2. The fourth-order valence-corrected chi connectivity index (χ4v) is 3.29. The van der Waals surface area contributed by atoms with Gasteiger partial charge in [0.25, 0.3) is 10.0 Å². The van der Waals surface area contributed by atoms with Crippen molar-refractivity contribution in [2.45, 2.75) is 4.90 Å². The van der Waals surface area contributed by atoms with Crippen LogP contribution in [0.3, 0.4) is 0 Å². The van der Waals surface area contributed by atoms with Crippen molar-refractivity contribution >= 4 is 37.9 Å². The topological polar surface area (TPSA) is 118 Å². The van der Waals surface area contributed by atoms with Crippen LogP contribution in [0.25, 0.3) is 22.2 Å². The normalized spacial score (nSPS) is 12.0. The molecule has 8 nitrogen and oxygen atoms in total. The Labute approximate surface area is 128 Å². The second-order valence-electron chi connectivity index (χ2n) is 4.81. The molecule has 0 aliphatic carbocycles. The van der Waals surface area contributed by atoms with E-state index in [0.29, 0.717) is 22.3 Å². The Kier molecular flexibility index (Phi) is 2.78. The van der Waals surface area contributed by atoms with Gasteiger partial charge in [-0.15, -0.1) is 0 Å². The van der Waals surface area contributed by atoms with Gasteiger partial charge in [0.1, 0.15) is 5.52 Å². The summed E-state index contributed by atoms with van der Waals surface area (Å²) in [4.78, 5) is 17.5. The van der Waals surface area contributed by atoms with Crippen LogP contribution in [-0.2, 0) is 10.0 Å². The van der Waals surface area contributed by atoms with Gasteiger partial charge in [-0.25, -0.2) is 18.2 Å². The third kappa shape index (κ3) is 2.36.